The molecule has 0 bridgehead atoms. The van der Waals surface area contributed by atoms with Crippen molar-refractivity contribution in [2.75, 3.05) is 45.1 Å². The Labute approximate surface area is 131 Å². The molecule has 1 amide bonds. The first kappa shape index (κ1) is 16.2. The number of carbonyl (C=O) groups excluding carboxylic acids is 1. The molecule has 2 rings (SSSR count). The second kappa shape index (κ2) is 7.22. The normalized spacial score (nSPS) is 20.5. The van der Waals surface area contributed by atoms with Gasteiger partial charge in [-0.3, -0.25) is 9.69 Å². The van der Waals surface area contributed by atoms with Gasteiger partial charge in [0.25, 0.3) is 0 Å². The fourth-order valence-corrected chi connectivity index (χ4v) is 2.85. The highest BCUT2D eigenvalue weighted by Gasteiger charge is 2.25. The van der Waals surface area contributed by atoms with Gasteiger partial charge in [-0.1, -0.05) is 11.6 Å². The van der Waals surface area contributed by atoms with Gasteiger partial charge in [0.05, 0.1) is 6.54 Å². The first-order valence-electron chi connectivity index (χ1n) is 7.18. The van der Waals surface area contributed by atoms with E-state index in [9.17, 15) is 4.79 Å². The van der Waals surface area contributed by atoms with Crippen LogP contribution in [0.2, 0.25) is 5.02 Å². The zero-order chi connectivity index (χ0) is 15.4. The second-order valence-corrected chi connectivity index (χ2v) is 6.07. The molecule has 0 saturated carbocycles. The lowest BCUT2D eigenvalue weighted by molar-refractivity contribution is -0.118. The highest BCUT2D eigenvalue weighted by Crippen LogP contribution is 2.19. The second-order valence-electron chi connectivity index (χ2n) is 5.63. The Balaban J connectivity index is 1.94. The van der Waals surface area contributed by atoms with Crippen LogP contribution in [-0.4, -0.2) is 61.5 Å². The Morgan fingerprint density at radius 2 is 2.24 bits per heavy atom. The number of hydrogen-bond donors (Lipinski definition) is 2. The van der Waals surface area contributed by atoms with Gasteiger partial charge in [-0.05, 0) is 37.7 Å². The highest BCUT2D eigenvalue weighted by atomic mass is 35.5. The zero-order valence-corrected chi connectivity index (χ0v) is 13.4. The Bertz CT molecular complexity index is 508. The molecule has 1 aliphatic rings. The number of benzene rings is 1. The van der Waals surface area contributed by atoms with Crippen LogP contribution in [0.4, 0.5) is 5.69 Å². The van der Waals surface area contributed by atoms with Crippen LogP contribution in [0.15, 0.2) is 18.2 Å². The Morgan fingerprint density at radius 1 is 1.48 bits per heavy atom. The van der Waals surface area contributed by atoms with Gasteiger partial charge in [-0.15, -0.1) is 0 Å². The molecule has 1 unspecified atom stereocenters. The number of rotatable bonds is 4. The van der Waals surface area contributed by atoms with Crippen LogP contribution in [0.25, 0.3) is 0 Å². The number of aryl methyl sites for hydroxylation is 1. The van der Waals surface area contributed by atoms with Crippen LogP contribution in [0.5, 0.6) is 0 Å². The van der Waals surface area contributed by atoms with E-state index >= 15 is 0 Å². The molecule has 116 valence electrons. The average Bonchev–Trinajstić information content (AvgIpc) is 2.44. The van der Waals surface area contributed by atoms with E-state index in [2.05, 4.69) is 22.2 Å². The molecule has 0 radical (unpaired) electrons. The first-order valence-corrected chi connectivity index (χ1v) is 7.56. The van der Waals surface area contributed by atoms with E-state index in [4.69, 9.17) is 17.3 Å². The van der Waals surface area contributed by atoms with Crippen LogP contribution in [-0.2, 0) is 4.79 Å². The van der Waals surface area contributed by atoms with Gasteiger partial charge in [0.1, 0.15) is 0 Å². The summed E-state index contributed by atoms with van der Waals surface area (Å²) >= 11 is 5.92. The van der Waals surface area contributed by atoms with Crippen LogP contribution in [0.1, 0.15) is 5.56 Å². The van der Waals surface area contributed by atoms with Crippen LogP contribution in [0, 0.1) is 6.92 Å². The van der Waals surface area contributed by atoms with Gasteiger partial charge in [-0.2, -0.15) is 0 Å². The molecule has 1 atom stereocenters. The first-order chi connectivity index (χ1) is 9.99. The summed E-state index contributed by atoms with van der Waals surface area (Å²) in [7, 11) is 2.08. The zero-order valence-electron chi connectivity index (χ0n) is 12.6. The molecule has 1 aromatic carbocycles. The van der Waals surface area contributed by atoms with E-state index in [-0.39, 0.29) is 11.9 Å². The lowest BCUT2D eigenvalue weighted by Crippen LogP contribution is -2.56. The van der Waals surface area contributed by atoms with E-state index in [1.54, 1.807) is 6.07 Å². The number of amides is 1. The van der Waals surface area contributed by atoms with Crippen molar-refractivity contribution in [2.24, 2.45) is 5.73 Å². The van der Waals surface area contributed by atoms with Crippen molar-refractivity contribution in [1.82, 2.24) is 9.80 Å². The smallest absolute Gasteiger partial charge is 0.238 e. The van der Waals surface area contributed by atoms with E-state index in [0.29, 0.717) is 18.1 Å². The van der Waals surface area contributed by atoms with Gasteiger partial charge in [0.15, 0.2) is 0 Å². The van der Waals surface area contributed by atoms with Crippen molar-refractivity contribution in [1.29, 1.82) is 0 Å². The molecule has 6 heteroatoms. The maximum Gasteiger partial charge on any atom is 0.238 e. The Kier molecular flexibility index (Phi) is 5.58. The van der Waals surface area contributed by atoms with E-state index in [0.717, 1.165) is 30.9 Å². The SMILES string of the molecule is Cc1cc(Cl)ccc1NC(=O)CN1CCN(C)CC1CN. The minimum Gasteiger partial charge on any atom is -0.329 e. The number of nitrogens with two attached hydrogens (primary N) is 1. The summed E-state index contributed by atoms with van der Waals surface area (Å²) in [5, 5.41) is 3.62. The predicted molar refractivity (Wildman–Crippen MR) is 86.7 cm³/mol. The molecular weight excluding hydrogens is 288 g/mol. The molecule has 1 saturated heterocycles. The molecule has 21 heavy (non-hydrogen) atoms. The molecule has 1 aliphatic heterocycles. The summed E-state index contributed by atoms with van der Waals surface area (Å²) in [6.45, 7) is 5.61. The van der Waals surface area contributed by atoms with Crippen molar-refractivity contribution >= 4 is 23.2 Å². The summed E-state index contributed by atoms with van der Waals surface area (Å²) in [6, 6.07) is 5.69. The minimum absolute atomic E-state index is 0.0107. The molecule has 0 aliphatic carbocycles. The molecule has 1 heterocycles. The maximum absolute atomic E-state index is 12.2. The molecule has 3 N–H and O–H groups in total. The summed E-state index contributed by atoms with van der Waals surface area (Å²) < 4.78 is 0. The lowest BCUT2D eigenvalue weighted by atomic mass is 10.1. The summed E-state index contributed by atoms with van der Waals surface area (Å²) in [6.07, 6.45) is 0. The minimum atomic E-state index is -0.0107. The Morgan fingerprint density at radius 3 is 2.90 bits per heavy atom. The standard InChI is InChI=1S/C15H23ClN4O/c1-11-7-12(16)3-4-14(11)18-15(21)10-20-6-5-19(2)9-13(20)8-17/h3-4,7,13H,5-6,8-10,17H2,1-2H3,(H,18,21). The van der Waals surface area contributed by atoms with Crippen molar-refractivity contribution in [3.05, 3.63) is 28.8 Å². The largest absolute Gasteiger partial charge is 0.329 e. The van der Waals surface area contributed by atoms with Crippen molar-refractivity contribution < 1.29 is 4.79 Å². The third-order valence-electron chi connectivity index (χ3n) is 3.89. The van der Waals surface area contributed by atoms with Gasteiger partial charge < -0.3 is 16.0 Å². The van der Waals surface area contributed by atoms with Crippen molar-refractivity contribution in [3.63, 3.8) is 0 Å². The maximum atomic E-state index is 12.2. The van der Waals surface area contributed by atoms with Crippen LogP contribution < -0.4 is 11.1 Å². The molecule has 0 aromatic heterocycles. The van der Waals surface area contributed by atoms with Gasteiger partial charge in [-0.25, -0.2) is 0 Å². The fraction of sp³-hybridized carbons (Fsp3) is 0.533. The van der Waals surface area contributed by atoms with Gasteiger partial charge in [0.2, 0.25) is 5.91 Å². The Hall–Kier alpha value is -1.14. The average molecular weight is 311 g/mol. The number of halogens is 1. The number of hydrogen-bond acceptors (Lipinski definition) is 4. The number of piperazine rings is 1. The highest BCUT2D eigenvalue weighted by molar-refractivity contribution is 6.30. The number of anilines is 1. The summed E-state index contributed by atoms with van der Waals surface area (Å²) in [5.74, 6) is -0.0107. The van der Waals surface area contributed by atoms with Gasteiger partial charge >= 0.3 is 0 Å². The molecule has 1 aromatic rings. The number of nitrogens with one attached hydrogen (secondary N) is 1. The topological polar surface area (TPSA) is 61.6 Å². The number of nitrogens with zero attached hydrogens (tertiary/aromatic N) is 2. The fourth-order valence-electron chi connectivity index (χ4n) is 2.62. The third-order valence-corrected chi connectivity index (χ3v) is 4.12. The molecule has 1 fully saturated rings. The van der Waals surface area contributed by atoms with Crippen molar-refractivity contribution in [3.8, 4) is 0 Å². The predicted octanol–water partition coefficient (Wildman–Crippen LogP) is 1.16. The molecule has 0 spiro atoms. The van der Waals surface area contributed by atoms with Gasteiger partial charge in [0, 0.05) is 42.9 Å². The van der Waals surface area contributed by atoms with Crippen molar-refractivity contribution in [2.45, 2.75) is 13.0 Å². The van der Waals surface area contributed by atoms with Crippen LogP contribution >= 0.6 is 11.6 Å². The molecular formula is C15H23ClN4O. The van der Waals surface area contributed by atoms with Crippen LogP contribution in [0.3, 0.4) is 0 Å². The summed E-state index contributed by atoms with van der Waals surface area (Å²) in [5.41, 5.74) is 7.58. The summed E-state index contributed by atoms with van der Waals surface area (Å²) in [4.78, 5) is 16.6. The monoisotopic (exact) mass is 310 g/mol. The third kappa shape index (κ3) is 4.41. The lowest BCUT2D eigenvalue weighted by Gasteiger charge is -2.39. The van der Waals surface area contributed by atoms with E-state index in [1.807, 2.05) is 19.1 Å². The molecule has 5 nitrogen and oxygen atoms in total. The van der Waals surface area contributed by atoms with E-state index < -0.39 is 0 Å². The number of carbonyl (C=O) groups is 1. The van der Waals surface area contributed by atoms with E-state index in [1.165, 1.54) is 0 Å². The number of likely N-dealkylation sites (N-methyl/N-ethyl adjacent to an activating group) is 1. The quantitative estimate of drug-likeness (QED) is 0.876.